The summed E-state index contributed by atoms with van der Waals surface area (Å²) in [5.41, 5.74) is 1.74. The van der Waals surface area contributed by atoms with Gasteiger partial charge in [-0.05, 0) is 76.1 Å². The lowest BCUT2D eigenvalue weighted by Crippen LogP contribution is -2.36. The van der Waals surface area contributed by atoms with E-state index in [9.17, 15) is 9.59 Å². The molecule has 0 saturated carbocycles. The lowest BCUT2D eigenvalue weighted by Gasteiger charge is -2.28. The first-order chi connectivity index (χ1) is 17.2. The molecule has 6 heteroatoms. The normalized spacial score (nSPS) is 17.1. The van der Waals surface area contributed by atoms with E-state index in [1.54, 1.807) is 50.2 Å². The fourth-order valence-electron chi connectivity index (χ4n) is 3.95. The van der Waals surface area contributed by atoms with Crippen molar-refractivity contribution in [1.29, 1.82) is 0 Å². The zero-order valence-corrected chi connectivity index (χ0v) is 20.2. The van der Waals surface area contributed by atoms with Gasteiger partial charge in [0, 0.05) is 36.7 Å². The molecule has 0 bridgehead atoms. The Morgan fingerprint density at radius 2 is 1.88 bits per heavy atom. The zero-order chi connectivity index (χ0) is 26.1. The lowest BCUT2D eigenvalue weighted by molar-refractivity contribution is -0.137. The minimum absolute atomic E-state index is 0.0451. The van der Waals surface area contributed by atoms with Crippen molar-refractivity contribution in [2.75, 3.05) is 13.2 Å². The first kappa shape index (κ1) is 22.9. The Balaban J connectivity index is 1.75. The largest absolute Gasteiger partial charge is 0.493 e. The molecular formula is C28H37NO5. The highest BCUT2D eigenvalue weighted by atomic mass is 16.5. The molecule has 3 rings (SSSR count). The van der Waals surface area contributed by atoms with Gasteiger partial charge < -0.3 is 19.5 Å². The molecule has 6 nitrogen and oxygen atoms in total. The number of ether oxygens (including phenoxy) is 2. The second-order valence-corrected chi connectivity index (χ2v) is 8.91. The smallest absolute Gasteiger partial charge is 0.303 e. The van der Waals surface area contributed by atoms with E-state index in [0.29, 0.717) is 37.2 Å². The van der Waals surface area contributed by atoms with Crippen LogP contribution in [0.15, 0.2) is 48.5 Å². The minimum Gasteiger partial charge on any atom is -0.493 e. The van der Waals surface area contributed by atoms with E-state index in [2.05, 4.69) is 0 Å². The maximum Gasteiger partial charge on any atom is 0.303 e. The predicted octanol–water partition coefficient (Wildman–Crippen LogP) is 6.00. The van der Waals surface area contributed by atoms with Gasteiger partial charge in [0.25, 0.3) is 5.91 Å². The van der Waals surface area contributed by atoms with E-state index in [1.807, 2.05) is 12.1 Å². The van der Waals surface area contributed by atoms with Gasteiger partial charge in [0.2, 0.25) is 0 Å². The highest BCUT2D eigenvalue weighted by Crippen LogP contribution is 2.28. The van der Waals surface area contributed by atoms with Gasteiger partial charge in [-0.3, -0.25) is 9.59 Å². The molecule has 0 spiro atoms. The van der Waals surface area contributed by atoms with Gasteiger partial charge in [0.15, 0.2) is 0 Å². The average molecular weight is 470 g/mol. The van der Waals surface area contributed by atoms with E-state index in [0.717, 1.165) is 31.4 Å². The Labute approximate surface area is 205 Å². The van der Waals surface area contributed by atoms with E-state index in [4.69, 9.17) is 17.3 Å². The molecule has 1 fully saturated rings. The van der Waals surface area contributed by atoms with Gasteiger partial charge in [0.05, 0.1) is 15.5 Å². The van der Waals surface area contributed by atoms with Crippen LogP contribution in [0.4, 0.5) is 0 Å². The average Bonchev–Trinajstić information content (AvgIpc) is 2.86. The van der Waals surface area contributed by atoms with Gasteiger partial charge >= 0.3 is 5.97 Å². The van der Waals surface area contributed by atoms with Crippen molar-refractivity contribution >= 4 is 11.9 Å². The Bertz CT molecular complexity index is 1000. The van der Waals surface area contributed by atoms with E-state index >= 15 is 0 Å². The van der Waals surface area contributed by atoms with E-state index < -0.39 is 24.4 Å². The number of hydrogen-bond acceptors (Lipinski definition) is 4. The van der Waals surface area contributed by atoms with E-state index in [1.165, 1.54) is 4.90 Å². The number of carboxylic acid groups (broad SMARTS) is 1. The Hall–Kier alpha value is -2.86. The SMILES string of the molecule is [2H]C([2H])(c1ccccc1OCCCCCC(=O)O)N(C(=O)c1ccc(C2CCCCO2)cc1)C(C)C. The van der Waals surface area contributed by atoms with Gasteiger partial charge in [-0.1, -0.05) is 30.3 Å². The molecule has 0 radical (unpaired) electrons. The number of para-hydroxylation sites is 1. The van der Waals surface area contributed by atoms with Crippen LogP contribution in [0.1, 0.15) is 89.1 Å². The molecular weight excluding hydrogens is 430 g/mol. The summed E-state index contributed by atoms with van der Waals surface area (Å²) in [5.74, 6) is -0.830. The molecule has 1 atom stereocenters. The van der Waals surface area contributed by atoms with Gasteiger partial charge in [0.1, 0.15) is 5.75 Å². The van der Waals surface area contributed by atoms with Crippen LogP contribution >= 0.6 is 0 Å². The van der Waals surface area contributed by atoms with Crippen molar-refractivity contribution in [3.05, 3.63) is 65.2 Å². The first-order valence-electron chi connectivity index (χ1n) is 13.2. The zero-order valence-electron chi connectivity index (χ0n) is 22.2. The van der Waals surface area contributed by atoms with Crippen LogP contribution in [0.3, 0.4) is 0 Å². The topological polar surface area (TPSA) is 76.1 Å². The second kappa shape index (κ2) is 13.1. The number of aliphatic carboxylic acids is 1. The molecule has 0 aromatic heterocycles. The van der Waals surface area contributed by atoms with Crippen molar-refractivity contribution in [2.45, 2.75) is 77.4 Å². The third-order valence-corrected chi connectivity index (χ3v) is 5.86. The molecule has 34 heavy (non-hydrogen) atoms. The maximum absolute atomic E-state index is 13.6. The molecule has 1 aliphatic rings. The number of rotatable bonds is 12. The van der Waals surface area contributed by atoms with Gasteiger partial charge in [-0.2, -0.15) is 0 Å². The fraction of sp³-hybridized carbons (Fsp3) is 0.500. The summed E-state index contributed by atoms with van der Waals surface area (Å²) in [7, 11) is 0. The van der Waals surface area contributed by atoms with Crippen LogP contribution in [-0.4, -0.2) is 41.1 Å². The molecule has 2 aromatic carbocycles. The first-order valence-corrected chi connectivity index (χ1v) is 12.2. The van der Waals surface area contributed by atoms with Crippen molar-refractivity contribution in [3.8, 4) is 5.75 Å². The van der Waals surface area contributed by atoms with Crippen LogP contribution in [-0.2, 0) is 16.0 Å². The number of amides is 1. The summed E-state index contributed by atoms with van der Waals surface area (Å²) in [6.45, 7) is 2.57. The molecule has 184 valence electrons. The lowest BCUT2D eigenvalue weighted by atomic mass is 10.00. The molecule has 1 amide bonds. The van der Waals surface area contributed by atoms with Crippen molar-refractivity contribution in [1.82, 2.24) is 4.90 Å². The van der Waals surface area contributed by atoms with Crippen molar-refractivity contribution in [3.63, 3.8) is 0 Å². The van der Waals surface area contributed by atoms with Gasteiger partial charge in [-0.15, -0.1) is 0 Å². The van der Waals surface area contributed by atoms with Crippen LogP contribution in [0, 0.1) is 0 Å². The number of carbonyl (C=O) groups is 2. The molecule has 1 saturated heterocycles. The summed E-state index contributed by atoms with van der Waals surface area (Å²) in [6.07, 6.45) is 5.27. The fourth-order valence-corrected chi connectivity index (χ4v) is 3.95. The number of carboxylic acids is 1. The number of carbonyl (C=O) groups excluding carboxylic acids is 1. The monoisotopic (exact) mass is 469 g/mol. The molecule has 1 aliphatic heterocycles. The Morgan fingerprint density at radius 1 is 1.12 bits per heavy atom. The summed E-state index contributed by atoms with van der Waals surface area (Å²) in [6, 6.07) is 13.7. The third kappa shape index (κ3) is 7.59. The highest BCUT2D eigenvalue weighted by Gasteiger charge is 2.22. The van der Waals surface area contributed by atoms with Crippen molar-refractivity contribution < 1.29 is 26.9 Å². The van der Waals surface area contributed by atoms with Crippen LogP contribution < -0.4 is 4.74 Å². The van der Waals surface area contributed by atoms with Gasteiger partial charge in [-0.25, -0.2) is 0 Å². The summed E-state index contributed by atoms with van der Waals surface area (Å²) >= 11 is 0. The van der Waals surface area contributed by atoms with Crippen LogP contribution in [0.25, 0.3) is 0 Å². The van der Waals surface area contributed by atoms with Crippen molar-refractivity contribution in [2.24, 2.45) is 0 Å². The summed E-state index contributed by atoms with van der Waals surface area (Å²) in [5, 5.41) is 8.76. The number of hydrogen-bond donors (Lipinski definition) is 1. The van der Waals surface area contributed by atoms with Crippen LogP contribution in [0.2, 0.25) is 0 Å². The third-order valence-electron chi connectivity index (χ3n) is 5.86. The summed E-state index contributed by atoms with van der Waals surface area (Å²) in [4.78, 5) is 25.5. The molecule has 1 heterocycles. The second-order valence-electron chi connectivity index (χ2n) is 8.91. The number of unbranched alkanes of at least 4 members (excludes halogenated alkanes) is 2. The predicted molar refractivity (Wildman–Crippen MR) is 132 cm³/mol. The number of benzene rings is 2. The van der Waals surface area contributed by atoms with Crippen LogP contribution in [0.5, 0.6) is 5.75 Å². The minimum atomic E-state index is -2.11. The highest BCUT2D eigenvalue weighted by molar-refractivity contribution is 5.94. The molecule has 2 aromatic rings. The molecule has 0 aliphatic carbocycles. The standard InChI is InChI=1S/C28H37NO5/c1-21(2)29(28(32)23-16-14-22(15-17-23)25-12-7-9-19-33-25)20-24-10-5-6-11-26(24)34-18-8-3-4-13-27(30)31/h5-6,10-11,14-17,21,25H,3-4,7-9,12-13,18-20H2,1-2H3,(H,30,31)/i20D2. The Morgan fingerprint density at radius 3 is 2.56 bits per heavy atom. The Kier molecular flexibility index (Phi) is 8.85. The summed E-state index contributed by atoms with van der Waals surface area (Å²) < 4.78 is 29.7. The quantitative estimate of drug-likeness (QED) is 0.386. The maximum atomic E-state index is 13.6. The van der Waals surface area contributed by atoms with E-state index in [-0.39, 0.29) is 18.1 Å². The number of nitrogens with zero attached hydrogens (tertiary/aromatic N) is 1. The molecule has 1 N–H and O–H groups in total. The molecule has 1 unspecified atom stereocenters.